The van der Waals surface area contributed by atoms with E-state index in [1.807, 2.05) is 0 Å². The highest BCUT2D eigenvalue weighted by Gasteiger charge is 2.26. The van der Waals surface area contributed by atoms with Gasteiger partial charge in [-0.15, -0.1) is 0 Å². The number of rotatable bonds is 3. The summed E-state index contributed by atoms with van der Waals surface area (Å²) in [6, 6.07) is 3.37. The summed E-state index contributed by atoms with van der Waals surface area (Å²) < 4.78 is 13.5. The van der Waals surface area contributed by atoms with Crippen LogP contribution in [0, 0.1) is 11.7 Å². The predicted molar refractivity (Wildman–Crippen MR) is 67.5 cm³/mol. The summed E-state index contributed by atoms with van der Waals surface area (Å²) in [5.41, 5.74) is -0.114. The molecule has 2 atom stereocenters. The van der Waals surface area contributed by atoms with Crippen molar-refractivity contribution < 1.29 is 19.1 Å². The first-order chi connectivity index (χ1) is 8.97. The summed E-state index contributed by atoms with van der Waals surface area (Å²) in [5, 5.41) is 11.6. The minimum Gasteiger partial charge on any atom is -0.481 e. The molecule has 1 aliphatic carbocycles. The fourth-order valence-electron chi connectivity index (χ4n) is 1.91. The van der Waals surface area contributed by atoms with Crippen molar-refractivity contribution >= 4 is 23.5 Å². The van der Waals surface area contributed by atoms with E-state index in [0.29, 0.717) is 0 Å². The lowest BCUT2D eigenvalue weighted by Gasteiger charge is -2.12. The second-order valence-corrected chi connectivity index (χ2v) is 4.71. The Morgan fingerprint density at radius 2 is 2.11 bits per heavy atom. The number of amides is 1. The van der Waals surface area contributed by atoms with Crippen LogP contribution in [0.2, 0.25) is 5.02 Å². The second-order valence-electron chi connectivity index (χ2n) is 4.27. The van der Waals surface area contributed by atoms with Crippen molar-refractivity contribution in [2.24, 2.45) is 5.92 Å². The molecule has 1 aromatic rings. The summed E-state index contributed by atoms with van der Waals surface area (Å²) in [4.78, 5) is 22.6. The minimum absolute atomic E-state index is 0.114. The quantitative estimate of drug-likeness (QED) is 0.836. The van der Waals surface area contributed by atoms with E-state index in [0.717, 1.165) is 6.07 Å². The van der Waals surface area contributed by atoms with Crippen LogP contribution in [-0.4, -0.2) is 23.0 Å². The zero-order chi connectivity index (χ0) is 14.0. The molecule has 100 valence electrons. The zero-order valence-corrected chi connectivity index (χ0v) is 10.5. The van der Waals surface area contributed by atoms with Crippen molar-refractivity contribution in [3.8, 4) is 0 Å². The van der Waals surface area contributed by atoms with E-state index < -0.39 is 29.7 Å². The van der Waals surface area contributed by atoms with Gasteiger partial charge in [0.15, 0.2) is 0 Å². The number of carbonyl (C=O) groups is 2. The number of nitrogens with one attached hydrogen (secondary N) is 1. The maximum Gasteiger partial charge on any atom is 0.310 e. The van der Waals surface area contributed by atoms with Crippen LogP contribution in [-0.2, 0) is 4.79 Å². The molecule has 2 N–H and O–H groups in total. The Morgan fingerprint density at radius 3 is 2.68 bits per heavy atom. The lowest BCUT2D eigenvalue weighted by molar-refractivity contribution is -0.140. The first-order valence-electron chi connectivity index (χ1n) is 5.64. The Kier molecular flexibility index (Phi) is 3.85. The molecular formula is C13H11ClFNO3. The van der Waals surface area contributed by atoms with Crippen LogP contribution in [0.1, 0.15) is 16.8 Å². The van der Waals surface area contributed by atoms with Crippen molar-refractivity contribution in [1.82, 2.24) is 5.32 Å². The minimum atomic E-state index is -0.939. The average molecular weight is 284 g/mol. The van der Waals surface area contributed by atoms with Crippen LogP contribution in [0.3, 0.4) is 0 Å². The molecule has 0 aliphatic heterocycles. The molecule has 1 amide bonds. The van der Waals surface area contributed by atoms with Crippen molar-refractivity contribution in [2.45, 2.75) is 12.5 Å². The maximum absolute atomic E-state index is 13.5. The van der Waals surface area contributed by atoms with E-state index in [1.54, 1.807) is 6.08 Å². The normalized spacial score (nSPS) is 21.4. The summed E-state index contributed by atoms with van der Waals surface area (Å²) in [6.07, 6.45) is 3.40. The van der Waals surface area contributed by atoms with Gasteiger partial charge in [-0.1, -0.05) is 23.8 Å². The van der Waals surface area contributed by atoms with E-state index >= 15 is 0 Å². The topological polar surface area (TPSA) is 66.4 Å². The molecule has 1 aliphatic rings. The molecule has 2 rings (SSSR count). The van der Waals surface area contributed by atoms with E-state index in [4.69, 9.17) is 16.7 Å². The van der Waals surface area contributed by atoms with Crippen molar-refractivity contribution in [2.75, 3.05) is 0 Å². The van der Waals surface area contributed by atoms with Crippen LogP contribution in [0.15, 0.2) is 30.4 Å². The highest BCUT2D eigenvalue weighted by Crippen LogP contribution is 2.19. The maximum atomic E-state index is 13.5. The highest BCUT2D eigenvalue weighted by molar-refractivity contribution is 6.30. The van der Waals surface area contributed by atoms with Crippen LogP contribution in [0.4, 0.5) is 4.39 Å². The monoisotopic (exact) mass is 283 g/mol. The first kappa shape index (κ1) is 13.5. The standard InChI is InChI=1S/C13H11ClFNO3/c14-8-2-4-10(11(15)6-8)12(17)16-9-3-1-7(5-9)13(18)19/h1-4,6-7,9H,5H2,(H,16,17)(H,18,19). The van der Waals surface area contributed by atoms with Gasteiger partial charge >= 0.3 is 5.97 Å². The first-order valence-corrected chi connectivity index (χ1v) is 6.02. The lowest BCUT2D eigenvalue weighted by atomic mass is 10.1. The largest absolute Gasteiger partial charge is 0.481 e. The molecule has 0 fully saturated rings. The Hall–Kier alpha value is -1.88. The second kappa shape index (κ2) is 5.40. The van der Waals surface area contributed by atoms with Crippen molar-refractivity contribution in [3.05, 3.63) is 46.8 Å². The van der Waals surface area contributed by atoms with Gasteiger partial charge in [-0.05, 0) is 24.6 Å². The average Bonchev–Trinajstić information content (AvgIpc) is 2.77. The van der Waals surface area contributed by atoms with Crippen molar-refractivity contribution in [1.29, 1.82) is 0 Å². The molecule has 0 saturated carbocycles. The van der Waals surface area contributed by atoms with E-state index in [2.05, 4.69) is 5.32 Å². The Labute approximate surface area is 113 Å². The number of hydrogen-bond donors (Lipinski definition) is 2. The molecule has 0 saturated heterocycles. The summed E-state index contributed by atoms with van der Waals surface area (Å²) in [5.74, 6) is -2.84. The van der Waals surface area contributed by atoms with Gasteiger partial charge in [0.05, 0.1) is 11.5 Å². The molecule has 0 radical (unpaired) electrons. The van der Waals surface area contributed by atoms with Crippen molar-refractivity contribution in [3.63, 3.8) is 0 Å². The molecule has 0 spiro atoms. The SMILES string of the molecule is O=C(NC1C=CC(C(=O)O)C1)c1ccc(Cl)cc1F. The molecular weight excluding hydrogens is 273 g/mol. The number of hydrogen-bond acceptors (Lipinski definition) is 2. The fourth-order valence-corrected chi connectivity index (χ4v) is 2.07. The fraction of sp³-hybridized carbons (Fsp3) is 0.231. The molecule has 0 heterocycles. The van der Waals surface area contributed by atoms with Gasteiger partial charge in [0.2, 0.25) is 0 Å². The number of aliphatic carboxylic acids is 1. The zero-order valence-electron chi connectivity index (χ0n) is 9.77. The van der Waals surface area contributed by atoms with Crippen LogP contribution >= 0.6 is 11.6 Å². The number of carbonyl (C=O) groups excluding carboxylic acids is 1. The van der Waals surface area contributed by atoms with Crippen LogP contribution < -0.4 is 5.32 Å². The van der Waals surface area contributed by atoms with Gasteiger partial charge < -0.3 is 10.4 Å². The van der Waals surface area contributed by atoms with Gasteiger partial charge in [-0.3, -0.25) is 9.59 Å². The predicted octanol–water partition coefficient (Wildman–Crippen LogP) is 2.24. The summed E-state index contributed by atoms with van der Waals surface area (Å²) in [7, 11) is 0. The van der Waals surface area contributed by atoms with Crippen LogP contribution in [0.25, 0.3) is 0 Å². The Balaban J connectivity index is 2.03. The number of carboxylic acids is 1. The van der Waals surface area contributed by atoms with Gasteiger partial charge in [0.25, 0.3) is 5.91 Å². The van der Waals surface area contributed by atoms with E-state index in [9.17, 15) is 14.0 Å². The Bertz CT molecular complexity index is 559. The molecule has 0 bridgehead atoms. The number of carboxylic acid groups (broad SMARTS) is 1. The van der Waals surface area contributed by atoms with Crippen LogP contribution in [0.5, 0.6) is 0 Å². The molecule has 1 aromatic carbocycles. The molecule has 19 heavy (non-hydrogen) atoms. The molecule has 0 aromatic heterocycles. The summed E-state index contributed by atoms with van der Waals surface area (Å²) >= 11 is 5.60. The number of halogens is 2. The van der Waals surface area contributed by atoms with Gasteiger partial charge in [0, 0.05) is 11.1 Å². The molecule has 2 unspecified atom stereocenters. The van der Waals surface area contributed by atoms with E-state index in [1.165, 1.54) is 18.2 Å². The Morgan fingerprint density at radius 1 is 1.37 bits per heavy atom. The van der Waals surface area contributed by atoms with E-state index in [-0.39, 0.29) is 17.0 Å². The molecule has 4 nitrogen and oxygen atoms in total. The van der Waals surface area contributed by atoms with Gasteiger partial charge in [-0.2, -0.15) is 0 Å². The highest BCUT2D eigenvalue weighted by atomic mass is 35.5. The smallest absolute Gasteiger partial charge is 0.310 e. The summed E-state index contributed by atoms with van der Waals surface area (Å²) in [6.45, 7) is 0. The third-order valence-corrected chi connectivity index (χ3v) is 3.13. The third-order valence-electron chi connectivity index (χ3n) is 2.89. The lowest BCUT2D eigenvalue weighted by Crippen LogP contribution is -2.33. The third kappa shape index (κ3) is 3.12. The van der Waals surface area contributed by atoms with Gasteiger partial charge in [0.1, 0.15) is 5.82 Å². The number of benzene rings is 1. The molecule has 6 heteroatoms. The van der Waals surface area contributed by atoms with Gasteiger partial charge in [-0.25, -0.2) is 4.39 Å².